The Hall–Kier alpha value is -2.19. The van der Waals surface area contributed by atoms with E-state index in [2.05, 4.69) is 4.98 Å². The number of hydrogen-bond donors (Lipinski definition) is 0. The number of benzene rings is 1. The molecule has 0 spiro atoms. The van der Waals surface area contributed by atoms with Crippen LogP contribution in [0, 0.1) is 0 Å². The lowest BCUT2D eigenvalue weighted by Crippen LogP contribution is -2.45. The minimum atomic E-state index is -3.64. The molecule has 1 saturated heterocycles. The predicted octanol–water partition coefficient (Wildman–Crippen LogP) is 3.26. The molecule has 0 radical (unpaired) electrons. The Morgan fingerprint density at radius 2 is 1.79 bits per heavy atom. The molecule has 2 heterocycles. The fraction of sp³-hybridized carbons (Fsp3) is 0.500. The number of aromatic nitrogens is 1. The standard InChI is InChI=1S/C20H27N3O4S/c1-20(2,3)27-19(24)22-10-4-5-11-23(13-12-22)28(25,26)18-7-6-17-15-21-9-8-16(17)14-18/h6-9,14-15H,4-5,10-13H2,1-3H3. The second-order valence-corrected chi connectivity index (χ2v) is 9.90. The molecule has 1 aromatic heterocycles. The molecular formula is C20H27N3O4S. The van der Waals surface area contributed by atoms with E-state index in [1.54, 1.807) is 41.6 Å². The molecule has 0 atom stereocenters. The highest BCUT2D eigenvalue weighted by Crippen LogP contribution is 2.23. The summed E-state index contributed by atoms with van der Waals surface area (Å²) < 4.78 is 33.3. The van der Waals surface area contributed by atoms with Gasteiger partial charge in [0.1, 0.15) is 5.60 Å². The average molecular weight is 406 g/mol. The molecule has 0 N–H and O–H groups in total. The summed E-state index contributed by atoms with van der Waals surface area (Å²) in [5, 5.41) is 1.73. The van der Waals surface area contributed by atoms with Gasteiger partial charge in [-0.25, -0.2) is 13.2 Å². The summed E-state index contributed by atoms with van der Waals surface area (Å²) in [6.45, 7) is 7.04. The summed E-state index contributed by atoms with van der Waals surface area (Å²) in [6, 6.07) is 6.86. The van der Waals surface area contributed by atoms with Gasteiger partial charge in [-0.3, -0.25) is 4.98 Å². The summed E-state index contributed by atoms with van der Waals surface area (Å²) in [5.74, 6) is 0. The molecule has 8 heteroatoms. The second-order valence-electron chi connectivity index (χ2n) is 7.96. The van der Waals surface area contributed by atoms with Gasteiger partial charge in [-0.15, -0.1) is 0 Å². The van der Waals surface area contributed by atoms with E-state index in [1.807, 2.05) is 20.8 Å². The van der Waals surface area contributed by atoms with Crippen LogP contribution in [0.4, 0.5) is 4.79 Å². The van der Waals surface area contributed by atoms with Crippen LogP contribution in [-0.2, 0) is 14.8 Å². The van der Waals surface area contributed by atoms with Crippen LogP contribution < -0.4 is 0 Å². The van der Waals surface area contributed by atoms with Crippen molar-refractivity contribution < 1.29 is 17.9 Å². The maximum atomic E-state index is 13.2. The van der Waals surface area contributed by atoms with Crippen LogP contribution in [0.5, 0.6) is 0 Å². The average Bonchev–Trinajstić information content (AvgIpc) is 2.59. The monoisotopic (exact) mass is 405 g/mol. The SMILES string of the molecule is CC(C)(C)OC(=O)N1CCCCN(S(=O)(=O)c2ccc3cnccc3c2)CC1. The van der Waals surface area contributed by atoms with Gasteiger partial charge in [-0.2, -0.15) is 4.31 Å². The highest BCUT2D eigenvalue weighted by molar-refractivity contribution is 7.89. The predicted molar refractivity (Wildman–Crippen MR) is 108 cm³/mol. The van der Waals surface area contributed by atoms with Crippen molar-refractivity contribution in [1.29, 1.82) is 0 Å². The number of nitrogens with zero attached hydrogens (tertiary/aromatic N) is 3. The molecule has 0 aliphatic carbocycles. The third kappa shape index (κ3) is 4.80. The smallest absolute Gasteiger partial charge is 0.410 e. The van der Waals surface area contributed by atoms with Crippen molar-refractivity contribution in [3.63, 3.8) is 0 Å². The first-order valence-electron chi connectivity index (χ1n) is 9.49. The van der Waals surface area contributed by atoms with E-state index in [1.165, 1.54) is 4.31 Å². The molecule has 2 aromatic rings. The first-order valence-corrected chi connectivity index (χ1v) is 10.9. The van der Waals surface area contributed by atoms with Gasteiger partial charge in [-0.05, 0) is 57.2 Å². The minimum absolute atomic E-state index is 0.246. The lowest BCUT2D eigenvalue weighted by molar-refractivity contribution is 0.0228. The van der Waals surface area contributed by atoms with Crippen LogP contribution >= 0.6 is 0 Å². The van der Waals surface area contributed by atoms with Crippen LogP contribution in [0.15, 0.2) is 41.6 Å². The fourth-order valence-electron chi connectivity index (χ4n) is 3.17. The van der Waals surface area contributed by atoms with E-state index < -0.39 is 21.7 Å². The number of ether oxygens (including phenoxy) is 1. The maximum Gasteiger partial charge on any atom is 0.410 e. The van der Waals surface area contributed by atoms with E-state index in [-0.39, 0.29) is 11.4 Å². The first kappa shape index (κ1) is 20.5. The van der Waals surface area contributed by atoms with Crippen molar-refractivity contribution in [2.24, 2.45) is 0 Å². The maximum absolute atomic E-state index is 13.2. The van der Waals surface area contributed by atoms with Gasteiger partial charge >= 0.3 is 6.09 Å². The number of carbonyl (C=O) groups excluding carboxylic acids is 1. The highest BCUT2D eigenvalue weighted by atomic mass is 32.2. The molecule has 1 aromatic carbocycles. The van der Waals surface area contributed by atoms with Crippen LogP contribution in [0.1, 0.15) is 33.6 Å². The summed E-state index contributed by atoms with van der Waals surface area (Å²) in [7, 11) is -3.64. The van der Waals surface area contributed by atoms with Crippen molar-refractivity contribution in [1.82, 2.24) is 14.2 Å². The summed E-state index contributed by atoms with van der Waals surface area (Å²) >= 11 is 0. The van der Waals surface area contributed by atoms with Gasteiger partial charge in [-0.1, -0.05) is 6.07 Å². The lowest BCUT2D eigenvalue weighted by Gasteiger charge is -2.32. The number of amides is 1. The summed E-state index contributed by atoms with van der Waals surface area (Å²) in [6.07, 6.45) is 4.38. The van der Waals surface area contributed by atoms with Crippen LogP contribution in [-0.4, -0.2) is 60.5 Å². The summed E-state index contributed by atoms with van der Waals surface area (Å²) in [5.41, 5.74) is -0.578. The largest absolute Gasteiger partial charge is 0.444 e. The summed E-state index contributed by atoms with van der Waals surface area (Å²) in [4.78, 5) is 18.3. The molecule has 1 aliphatic rings. The zero-order chi connectivity index (χ0) is 20.4. The minimum Gasteiger partial charge on any atom is -0.444 e. The number of sulfonamides is 1. The molecular weight excluding hydrogens is 378 g/mol. The number of hydrogen-bond acceptors (Lipinski definition) is 5. The molecule has 0 saturated carbocycles. The van der Waals surface area contributed by atoms with Gasteiger partial charge in [0.05, 0.1) is 4.90 Å². The highest BCUT2D eigenvalue weighted by Gasteiger charge is 2.29. The Kier molecular flexibility index (Phi) is 5.90. The van der Waals surface area contributed by atoms with Crippen molar-refractivity contribution in [3.8, 4) is 0 Å². The van der Waals surface area contributed by atoms with Crippen molar-refractivity contribution in [2.45, 2.75) is 44.1 Å². The quantitative estimate of drug-likeness (QED) is 0.766. The van der Waals surface area contributed by atoms with E-state index in [0.717, 1.165) is 17.2 Å². The van der Waals surface area contributed by atoms with Crippen molar-refractivity contribution in [2.75, 3.05) is 26.2 Å². The third-order valence-electron chi connectivity index (χ3n) is 4.61. The number of fused-ring (bicyclic) bond motifs is 1. The molecule has 1 fully saturated rings. The molecule has 7 nitrogen and oxygen atoms in total. The zero-order valence-electron chi connectivity index (χ0n) is 16.6. The number of pyridine rings is 1. The molecule has 1 amide bonds. The van der Waals surface area contributed by atoms with Gasteiger partial charge in [0.25, 0.3) is 0 Å². The number of carbonyl (C=O) groups is 1. The van der Waals surface area contributed by atoms with Crippen LogP contribution in [0.2, 0.25) is 0 Å². The van der Waals surface area contributed by atoms with Gasteiger partial charge in [0, 0.05) is 44.0 Å². The van der Waals surface area contributed by atoms with Gasteiger partial charge in [0.15, 0.2) is 0 Å². The molecule has 3 rings (SSSR count). The van der Waals surface area contributed by atoms with Crippen LogP contribution in [0.25, 0.3) is 10.8 Å². The molecule has 0 bridgehead atoms. The Labute approximate surface area is 166 Å². The Morgan fingerprint density at radius 1 is 1.04 bits per heavy atom. The van der Waals surface area contributed by atoms with Crippen LogP contribution in [0.3, 0.4) is 0 Å². The van der Waals surface area contributed by atoms with E-state index in [0.29, 0.717) is 26.1 Å². The lowest BCUT2D eigenvalue weighted by atomic mass is 10.2. The normalized spacial score (nSPS) is 17.2. The second kappa shape index (κ2) is 8.05. The van der Waals surface area contributed by atoms with E-state index in [9.17, 15) is 13.2 Å². The Morgan fingerprint density at radius 3 is 2.54 bits per heavy atom. The Balaban J connectivity index is 1.78. The molecule has 152 valence electrons. The molecule has 28 heavy (non-hydrogen) atoms. The third-order valence-corrected chi connectivity index (χ3v) is 6.50. The van der Waals surface area contributed by atoms with Gasteiger partial charge < -0.3 is 9.64 Å². The molecule has 1 aliphatic heterocycles. The number of rotatable bonds is 2. The molecule has 0 unspecified atom stereocenters. The topological polar surface area (TPSA) is 79.8 Å². The van der Waals surface area contributed by atoms with E-state index in [4.69, 9.17) is 4.74 Å². The fourth-order valence-corrected chi connectivity index (χ4v) is 4.67. The Bertz CT molecular complexity index is 953. The van der Waals surface area contributed by atoms with Crippen molar-refractivity contribution >= 4 is 26.9 Å². The first-order chi connectivity index (χ1) is 13.2. The van der Waals surface area contributed by atoms with Crippen molar-refractivity contribution in [3.05, 3.63) is 36.7 Å². The van der Waals surface area contributed by atoms with E-state index >= 15 is 0 Å². The van der Waals surface area contributed by atoms with Gasteiger partial charge in [0.2, 0.25) is 10.0 Å². The zero-order valence-corrected chi connectivity index (χ0v) is 17.4.